The zero-order valence-electron chi connectivity index (χ0n) is 20.6. The fourth-order valence-electron chi connectivity index (χ4n) is 4.22. The van der Waals surface area contributed by atoms with Crippen LogP contribution in [0.15, 0.2) is 41.6 Å². The zero-order valence-corrected chi connectivity index (χ0v) is 20.6. The van der Waals surface area contributed by atoms with Crippen molar-refractivity contribution in [2.24, 2.45) is 0 Å². The number of pyridine rings is 1. The highest BCUT2D eigenvalue weighted by Gasteiger charge is 2.29. The van der Waals surface area contributed by atoms with Gasteiger partial charge in [0.1, 0.15) is 16.8 Å². The number of nitrogens with zero attached hydrogens (tertiary/aromatic N) is 4. The Balaban J connectivity index is 1.43. The second kappa shape index (κ2) is 10.3. The van der Waals surface area contributed by atoms with Gasteiger partial charge in [-0.3, -0.25) is 19.4 Å². The summed E-state index contributed by atoms with van der Waals surface area (Å²) in [7, 11) is 0. The van der Waals surface area contributed by atoms with Gasteiger partial charge in [0, 0.05) is 43.9 Å². The van der Waals surface area contributed by atoms with Crippen molar-refractivity contribution in [2.75, 3.05) is 19.6 Å². The van der Waals surface area contributed by atoms with Gasteiger partial charge in [-0.15, -0.1) is 0 Å². The Labute approximate surface area is 207 Å². The van der Waals surface area contributed by atoms with Crippen LogP contribution >= 0.6 is 0 Å². The standard InChI is InChI=1S/C25H30N6O5/c1-25(2,3)36-24(35)30-9-6-17(7-10-30)20-12-21(33)29-22-19(15-28-31(20)22)23(34)27-14-18(32)11-16-5-4-8-26-13-16/h4-5,8,12-13,15,17H,6-7,9-11,14H2,1-3H3,(H,27,34)(H,29,33). The number of aromatic nitrogens is 4. The second-order valence-corrected chi connectivity index (χ2v) is 9.88. The molecule has 0 bridgehead atoms. The number of hydrogen-bond acceptors (Lipinski definition) is 7. The Bertz CT molecular complexity index is 1320. The number of nitrogens with one attached hydrogen (secondary N) is 2. The maximum absolute atomic E-state index is 12.8. The first-order chi connectivity index (χ1) is 17.1. The Kier molecular flexibility index (Phi) is 7.18. The van der Waals surface area contributed by atoms with E-state index in [0.29, 0.717) is 31.6 Å². The third kappa shape index (κ3) is 5.96. The number of likely N-dealkylation sites (tertiary alicyclic amines) is 1. The first kappa shape index (κ1) is 25.1. The summed E-state index contributed by atoms with van der Waals surface area (Å²) in [5.41, 5.74) is 0.957. The molecule has 4 heterocycles. The molecule has 0 atom stereocenters. The molecule has 1 aliphatic rings. The van der Waals surface area contributed by atoms with E-state index in [0.717, 1.165) is 5.56 Å². The van der Waals surface area contributed by atoms with Gasteiger partial charge in [0.25, 0.3) is 11.5 Å². The molecule has 11 nitrogen and oxygen atoms in total. The predicted molar refractivity (Wildman–Crippen MR) is 131 cm³/mol. The third-order valence-electron chi connectivity index (χ3n) is 5.91. The minimum absolute atomic E-state index is 0.0228. The molecule has 3 aromatic heterocycles. The number of ketones is 1. The van der Waals surface area contributed by atoms with E-state index in [1.807, 2.05) is 20.8 Å². The fraction of sp³-hybridized carbons (Fsp3) is 0.440. The van der Waals surface area contributed by atoms with Crippen LogP contribution in [0.1, 0.15) is 61.1 Å². The number of piperidine rings is 1. The summed E-state index contributed by atoms with van der Waals surface area (Å²) in [5, 5.41) is 6.95. The molecule has 0 saturated carbocycles. The summed E-state index contributed by atoms with van der Waals surface area (Å²) in [6.07, 6.45) is 5.67. The van der Waals surface area contributed by atoms with Gasteiger partial charge in [0.05, 0.1) is 18.4 Å². The van der Waals surface area contributed by atoms with Gasteiger partial charge < -0.3 is 19.9 Å². The molecule has 1 aliphatic heterocycles. The molecule has 0 aliphatic carbocycles. The highest BCUT2D eigenvalue weighted by Crippen LogP contribution is 2.28. The molecule has 1 fully saturated rings. The summed E-state index contributed by atoms with van der Waals surface area (Å²) in [6.45, 7) is 6.30. The Hall–Kier alpha value is -4.02. The number of carbonyl (C=O) groups is 3. The number of carbonyl (C=O) groups excluding carboxylic acids is 3. The first-order valence-electron chi connectivity index (χ1n) is 11.9. The van der Waals surface area contributed by atoms with E-state index in [-0.39, 0.29) is 47.5 Å². The molecule has 0 radical (unpaired) electrons. The average molecular weight is 495 g/mol. The van der Waals surface area contributed by atoms with E-state index in [2.05, 4.69) is 20.4 Å². The average Bonchev–Trinajstić information content (AvgIpc) is 3.25. The molecule has 4 rings (SSSR count). The largest absolute Gasteiger partial charge is 0.444 e. The predicted octanol–water partition coefficient (Wildman–Crippen LogP) is 2.07. The molecule has 190 valence electrons. The van der Waals surface area contributed by atoms with Crippen LogP contribution in [-0.2, 0) is 16.0 Å². The van der Waals surface area contributed by atoms with E-state index >= 15 is 0 Å². The lowest BCUT2D eigenvalue weighted by Gasteiger charge is -2.33. The van der Waals surface area contributed by atoms with Gasteiger partial charge in [-0.1, -0.05) is 6.07 Å². The van der Waals surface area contributed by atoms with Crippen LogP contribution < -0.4 is 10.9 Å². The van der Waals surface area contributed by atoms with E-state index in [1.54, 1.807) is 33.9 Å². The highest BCUT2D eigenvalue weighted by molar-refractivity contribution is 6.01. The van der Waals surface area contributed by atoms with Crippen LogP contribution in [0.3, 0.4) is 0 Å². The molecule has 36 heavy (non-hydrogen) atoms. The molecular weight excluding hydrogens is 464 g/mol. The molecule has 2 amide bonds. The van der Waals surface area contributed by atoms with Crippen LogP contribution in [0.4, 0.5) is 4.79 Å². The highest BCUT2D eigenvalue weighted by atomic mass is 16.6. The number of fused-ring (bicyclic) bond motifs is 1. The van der Waals surface area contributed by atoms with E-state index in [4.69, 9.17) is 4.74 Å². The lowest BCUT2D eigenvalue weighted by molar-refractivity contribution is -0.117. The summed E-state index contributed by atoms with van der Waals surface area (Å²) in [4.78, 5) is 58.2. The van der Waals surface area contributed by atoms with Gasteiger partial charge in [0.15, 0.2) is 5.78 Å². The molecule has 0 unspecified atom stereocenters. The summed E-state index contributed by atoms with van der Waals surface area (Å²) >= 11 is 0. The van der Waals surface area contributed by atoms with Crippen molar-refractivity contribution >= 4 is 23.4 Å². The van der Waals surface area contributed by atoms with Crippen molar-refractivity contribution in [3.05, 3.63) is 64.0 Å². The monoisotopic (exact) mass is 494 g/mol. The lowest BCUT2D eigenvalue weighted by atomic mass is 9.93. The van der Waals surface area contributed by atoms with Gasteiger partial charge in [-0.05, 0) is 45.2 Å². The van der Waals surface area contributed by atoms with Gasteiger partial charge in [-0.25, -0.2) is 9.31 Å². The van der Waals surface area contributed by atoms with Crippen molar-refractivity contribution in [1.29, 1.82) is 0 Å². The number of ether oxygens (including phenoxy) is 1. The first-order valence-corrected chi connectivity index (χ1v) is 11.9. The summed E-state index contributed by atoms with van der Waals surface area (Å²) < 4.78 is 7.01. The van der Waals surface area contributed by atoms with E-state index < -0.39 is 11.5 Å². The quantitative estimate of drug-likeness (QED) is 0.535. The fourth-order valence-corrected chi connectivity index (χ4v) is 4.22. The number of Topliss-reactive ketones (excluding diaryl/α,β-unsaturated/α-hetero) is 1. The van der Waals surface area contributed by atoms with Crippen LogP contribution in [-0.4, -0.2) is 67.5 Å². The van der Waals surface area contributed by atoms with Crippen LogP contribution in [0.25, 0.3) is 5.65 Å². The Morgan fingerprint density at radius 1 is 1.19 bits per heavy atom. The SMILES string of the molecule is CC(C)(C)OC(=O)N1CCC(c2cc(=O)[nH]c3c(C(=O)NCC(=O)Cc4cccnc4)cnn23)CC1. The van der Waals surface area contributed by atoms with Crippen LogP contribution in [0.5, 0.6) is 0 Å². The number of aromatic amines is 1. The topological polar surface area (TPSA) is 139 Å². The maximum Gasteiger partial charge on any atom is 0.410 e. The maximum atomic E-state index is 12.8. The molecule has 2 N–H and O–H groups in total. The van der Waals surface area contributed by atoms with Crippen molar-refractivity contribution in [3.8, 4) is 0 Å². The molecular formula is C25H30N6O5. The summed E-state index contributed by atoms with van der Waals surface area (Å²) in [6, 6.07) is 5.02. The zero-order chi connectivity index (χ0) is 25.9. The van der Waals surface area contributed by atoms with E-state index in [9.17, 15) is 19.2 Å². The van der Waals surface area contributed by atoms with Crippen molar-refractivity contribution < 1.29 is 19.1 Å². The van der Waals surface area contributed by atoms with Gasteiger partial charge in [0.2, 0.25) is 0 Å². The number of hydrogen-bond donors (Lipinski definition) is 2. The van der Waals surface area contributed by atoms with Crippen molar-refractivity contribution in [3.63, 3.8) is 0 Å². The number of H-pyrrole nitrogens is 1. The minimum atomic E-state index is -0.567. The van der Waals surface area contributed by atoms with E-state index in [1.165, 1.54) is 12.3 Å². The summed E-state index contributed by atoms with van der Waals surface area (Å²) in [5.74, 6) is -0.693. The molecule has 3 aromatic rings. The smallest absolute Gasteiger partial charge is 0.410 e. The second-order valence-electron chi connectivity index (χ2n) is 9.88. The van der Waals surface area contributed by atoms with Gasteiger partial charge in [-0.2, -0.15) is 5.10 Å². The Morgan fingerprint density at radius 3 is 2.61 bits per heavy atom. The number of amides is 2. The Morgan fingerprint density at radius 2 is 1.94 bits per heavy atom. The molecule has 11 heteroatoms. The lowest BCUT2D eigenvalue weighted by Crippen LogP contribution is -2.41. The van der Waals surface area contributed by atoms with Crippen LogP contribution in [0.2, 0.25) is 0 Å². The van der Waals surface area contributed by atoms with Crippen molar-refractivity contribution in [1.82, 2.24) is 29.8 Å². The van der Waals surface area contributed by atoms with Gasteiger partial charge >= 0.3 is 6.09 Å². The molecule has 0 spiro atoms. The number of rotatable bonds is 6. The third-order valence-corrected chi connectivity index (χ3v) is 5.91. The molecule has 0 aromatic carbocycles. The molecule has 1 saturated heterocycles. The van der Waals surface area contributed by atoms with Crippen LogP contribution in [0, 0.1) is 0 Å². The normalized spacial score (nSPS) is 14.6. The minimum Gasteiger partial charge on any atom is -0.444 e. The van der Waals surface area contributed by atoms with Crippen molar-refractivity contribution in [2.45, 2.75) is 51.6 Å².